The van der Waals surface area contributed by atoms with E-state index in [2.05, 4.69) is 103 Å². The van der Waals surface area contributed by atoms with E-state index in [1.54, 1.807) is 9.80 Å². The van der Waals surface area contributed by atoms with E-state index in [0.29, 0.717) is 45.4 Å². The number of carbonyl (C=O) groups is 2. The van der Waals surface area contributed by atoms with Crippen LogP contribution in [0.15, 0.2) is 121 Å². The highest BCUT2D eigenvalue weighted by Gasteiger charge is 2.41. The van der Waals surface area contributed by atoms with Crippen molar-refractivity contribution < 1.29 is 28.5 Å². The molecule has 0 bridgehead atoms. The van der Waals surface area contributed by atoms with Gasteiger partial charge < -0.3 is 24.3 Å². The number of carbonyl (C=O) groups excluding carboxylic acids is 2. The van der Waals surface area contributed by atoms with Crippen molar-refractivity contribution >= 4 is 12.2 Å². The van der Waals surface area contributed by atoms with Crippen LogP contribution in [-0.4, -0.2) is 86.5 Å². The van der Waals surface area contributed by atoms with Crippen LogP contribution in [0.5, 0.6) is 0 Å². The summed E-state index contributed by atoms with van der Waals surface area (Å²) in [6, 6.07) is 33.6. The molecule has 1 N–H and O–H groups in total. The molecule has 3 aliphatic heterocycles. The highest BCUT2D eigenvalue weighted by Crippen LogP contribution is 2.46. The minimum absolute atomic E-state index is 0.0719. The summed E-state index contributed by atoms with van der Waals surface area (Å²) in [5.74, 6) is 0.503. The van der Waals surface area contributed by atoms with Crippen molar-refractivity contribution in [3.8, 4) is 22.3 Å². The minimum atomic E-state index is -0.302. The first kappa shape index (κ1) is 36.4. The fraction of sp³-hybridized carbons (Fsp3) is 0.362. The Morgan fingerprint density at radius 3 is 1.50 bits per heavy atom. The number of nitrogens with one attached hydrogen (secondary N) is 1. The molecule has 3 aliphatic carbocycles. The number of allylic oxidation sites excluding steroid dienone is 1. The Morgan fingerprint density at radius 2 is 1.07 bits per heavy atom. The van der Waals surface area contributed by atoms with E-state index in [4.69, 9.17) is 18.9 Å². The predicted octanol–water partition coefficient (Wildman–Crippen LogP) is 8.46. The van der Waals surface area contributed by atoms with Crippen LogP contribution in [0.25, 0.3) is 22.3 Å². The molecule has 4 fully saturated rings. The average Bonchev–Trinajstić information content (AvgIpc) is 4.09. The Balaban J connectivity index is 0.000000146. The van der Waals surface area contributed by atoms with Crippen LogP contribution in [0, 0.1) is 5.92 Å². The summed E-state index contributed by atoms with van der Waals surface area (Å²) in [6.45, 7) is 11.9. The number of ether oxygens (including phenoxy) is 4. The monoisotopic (exact) mass is 751 g/mol. The van der Waals surface area contributed by atoms with Crippen molar-refractivity contribution in [3.63, 3.8) is 0 Å². The van der Waals surface area contributed by atoms with Crippen LogP contribution in [0.1, 0.15) is 59.8 Å². The number of rotatable bonds is 6. The van der Waals surface area contributed by atoms with Gasteiger partial charge in [-0.25, -0.2) is 9.59 Å². The standard InChI is InChI=1S/C24H25NO3.C23H24N2O3/c1-16-10-11-17(14-16)23-25(12-13-27-23)24(26)28-15-22-20-8-4-2-6-18(20)19-7-3-5-9-21(19)22;1-15-12-21(24-13-15)22-25(10-11-27-22)23(26)28-14-20-18-8-4-2-6-16(18)17-7-3-5-9-19(17)20/h2-9,17,22-23H,1,10-15H2;2-9,20-22,24H,1,10-14H2/t17-,23?;21-,22?/m00/s1. The first-order chi connectivity index (χ1) is 27.4. The molecule has 9 heteroatoms. The zero-order chi connectivity index (χ0) is 38.2. The lowest BCUT2D eigenvalue weighted by Gasteiger charge is -2.27. The molecule has 2 unspecified atom stereocenters. The molecular weight excluding hydrogens is 703 g/mol. The maximum Gasteiger partial charge on any atom is 0.411 e. The lowest BCUT2D eigenvalue weighted by Crippen LogP contribution is -2.47. The number of fused-ring (bicyclic) bond motifs is 6. The van der Waals surface area contributed by atoms with Gasteiger partial charge in [0.15, 0.2) is 6.23 Å². The predicted molar refractivity (Wildman–Crippen MR) is 215 cm³/mol. The SMILES string of the molecule is C=C1CC[C@H](C2OCCN2C(=O)OCC2c3ccccc3-c3ccccc32)C1.C=C1CN[C@H](C2OCCN2C(=O)OCC2c3ccccc3-c3ccccc32)C1. The molecule has 0 aromatic heterocycles. The molecule has 3 heterocycles. The summed E-state index contributed by atoms with van der Waals surface area (Å²) in [6.07, 6.45) is 2.82. The van der Waals surface area contributed by atoms with E-state index in [9.17, 15) is 9.59 Å². The third-order valence-corrected chi connectivity index (χ3v) is 12.3. The molecule has 2 amide bonds. The maximum atomic E-state index is 12.9. The van der Waals surface area contributed by atoms with Crippen LogP contribution in [0.2, 0.25) is 0 Å². The fourth-order valence-electron chi connectivity index (χ4n) is 9.59. The molecule has 9 nitrogen and oxygen atoms in total. The topological polar surface area (TPSA) is 89.6 Å². The molecule has 4 aromatic carbocycles. The van der Waals surface area contributed by atoms with Gasteiger partial charge in [-0.3, -0.25) is 9.80 Å². The van der Waals surface area contributed by atoms with Gasteiger partial charge in [-0.2, -0.15) is 0 Å². The van der Waals surface area contributed by atoms with Gasteiger partial charge >= 0.3 is 12.2 Å². The summed E-state index contributed by atoms with van der Waals surface area (Å²) < 4.78 is 23.3. The zero-order valence-electron chi connectivity index (χ0n) is 31.7. The molecule has 1 saturated carbocycles. The van der Waals surface area contributed by atoms with Gasteiger partial charge in [-0.15, -0.1) is 0 Å². The van der Waals surface area contributed by atoms with E-state index in [0.717, 1.165) is 37.8 Å². The van der Waals surface area contributed by atoms with Gasteiger partial charge in [0, 0.05) is 24.3 Å². The van der Waals surface area contributed by atoms with Crippen LogP contribution >= 0.6 is 0 Å². The van der Waals surface area contributed by atoms with Crippen LogP contribution in [-0.2, 0) is 18.9 Å². The van der Waals surface area contributed by atoms with Crippen molar-refractivity contribution in [1.29, 1.82) is 0 Å². The van der Waals surface area contributed by atoms with Crippen molar-refractivity contribution in [3.05, 3.63) is 144 Å². The Kier molecular flexibility index (Phi) is 10.2. The normalized spacial score (nSPS) is 23.7. The zero-order valence-corrected chi connectivity index (χ0v) is 31.7. The smallest absolute Gasteiger partial charge is 0.411 e. The Hall–Kier alpha value is -5.22. The lowest BCUT2D eigenvalue weighted by atomic mass is 9.98. The highest BCUT2D eigenvalue weighted by molar-refractivity contribution is 5.80. The van der Waals surface area contributed by atoms with Crippen molar-refractivity contribution in [2.45, 2.75) is 56.0 Å². The number of nitrogens with zero attached hydrogens (tertiary/aromatic N) is 2. The van der Waals surface area contributed by atoms with Gasteiger partial charge in [-0.05, 0) is 70.2 Å². The first-order valence-electron chi connectivity index (χ1n) is 20.0. The molecule has 0 radical (unpaired) electrons. The van der Waals surface area contributed by atoms with Crippen molar-refractivity contribution in [1.82, 2.24) is 15.1 Å². The fourth-order valence-corrected chi connectivity index (χ4v) is 9.59. The first-order valence-corrected chi connectivity index (χ1v) is 20.0. The quantitative estimate of drug-likeness (QED) is 0.198. The highest BCUT2D eigenvalue weighted by atomic mass is 16.6. The van der Waals surface area contributed by atoms with E-state index < -0.39 is 0 Å². The molecule has 56 heavy (non-hydrogen) atoms. The Labute approximate surface area is 328 Å². The molecule has 4 atom stereocenters. The molecule has 0 spiro atoms. The second-order valence-electron chi connectivity index (χ2n) is 15.7. The largest absolute Gasteiger partial charge is 0.448 e. The number of benzene rings is 4. The van der Waals surface area contributed by atoms with E-state index in [1.165, 1.54) is 50.1 Å². The third-order valence-electron chi connectivity index (χ3n) is 12.3. The second-order valence-corrected chi connectivity index (χ2v) is 15.7. The Bertz CT molecular complexity index is 1910. The maximum absolute atomic E-state index is 12.9. The van der Waals surface area contributed by atoms with E-state index in [-0.39, 0.29) is 42.5 Å². The van der Waals surface area contributed by atoms with Gasteiger partial charge in [0.25, 0.3) is 0 Å². The molecule has 4 aromatic rings. The lowest BCUT2D eigenvalue weighted by molar-refractivity contribution is -0.0113. The average molecular weight is 752 g/mol. The number of amides is 2. The van der Waals surface area contributed by atoms with Gasteiger partial charge in [0.2, 0.25) is 0 Å². The van der Waals surface area contributed by atoms with Gasteiger partial charge in [0.1, 0.15) is 19.4 Å². The molecular formula is C47H49N3O6. The molecule has 288 valence electrons. The molecule has 3 saturated heterocycles. The van der Waals surface area contributed by atoms with Crippen molar-refractivity contribution in [2.75, 3.05) is 46.1 Å². The third kappa shape index (κ3) is 6.93. The van der Waals surface area contributed by atoms with Crippen LogP contribution in [0.4, 0.5) is 9.59 Å². The second kappa shape index (κ2) is 15.7. The Morgan fingerprint density at radius 1 is 0.625 bits per heavy atom. The van der Waals surface area contributed by atoms with Crippen LogP contribution < -0.4 is 5.32 Å². The number of hydrogen-bond acceptors (Lipinski definition) is 7. The molecule has 10 rings (SSSR count). The summed E-state index contributed by atoms with van der Waals surface area (Å²) in [4.78, 5) is 29.2. The van der Waals surface area contributed by atoms with Gasteiger partial charge in [0.05, 0.1) is 32.3 Å². The van der Waals surface area contributed by atoms with Gasteiger partial charge in [-0.1, -0.05) is 121 Å². The van der Waals surface area contributed by atoms with Crippen LogP contribution in [0.3, 0.4) is 0 Å². The van der Waals surface area contributed by atoms with Crippen molar-refractivity contribution in [2.24, 2.45) is 5.92 Å². The summed E-state index contributed by atoms with van der Waals surface area (Å²) in [7, 11) is 0. The van der Waals surface area contributed by atoms with E-state index in [1.807, 2.05) is 12.1 Å². The summed E-state index contributed by atoms with van der Waals surface area (Å²) in [5, 5.41) is 3.38. The summed E-state index contributed by atoms with van der Waals surface area (Å²) in [5.41, 5.74) is 12.3. The number of hydrogen-bond donors (Lipinski definition) is 1. The van der Waals surface area contributed by atoms with E-state index >= 15 is 0 Å². The minimum Gasteiger partial charge on any atom is -0.448 e. The summed E-state index contributed by atoms with van der Waals surface area (Å²) >= 11 is 0. The molecule has 6 aliphatic rings.